The Morgan fingerprint density at radius 3 is 2.65 bits per heavy atom. The molecule has 2 N–H and O–H groups in total. The SMILES string of the molecule is Cc1cnccc1-c1nc(CN)c(-c2ccccc2)s1. The van der Waals surface area contributed by atoms with Crippen LogP contribution in [0.3, 0.4) is 0 Å². The lowest BCUT2D eigenvalue weighted by Crippen LogP contribution is -1.98. The standard InChI is InChI=1S/C16H15N3S/c1-11-10-18-8-7-13(11)16-19-14(9-17)15(20-16)12-5-3-2-4-6-12/h2-8,10H,9,17H2,1H3. The Labute approximate surface area is 122 Å². The molecule has 0 radical (unpaired) electrons. The molecule has 3 nitrogen and oxygen atoms in total. The summed E-state index contributed by atoms with van der Waals surface area (Å²) in [6, 6.07) is 12.3. The second-order valence-corrected chi connectivity index (χ2v) is 5.55. The van der Waals surface area contributed by atoms with Gasteiger partial charge in [-0.05, 0) is 24.1 Å². The van der Waals surface area contributed by atoms with E-state index in [0.29, 0.717) is 6.54 Å². The fourth-order valence-electron chi connectivity index (χ4n) is 2.13. The van der Waals surface area contributed by atoms with Crippen LogP contribution in [0.2, 0.25) is 0 Å². The lowest BCUT2D eigenvalue weighted by atomic mass is 10.1. The Kier molecular flexibility index (Phi) is 3.58. The van der Waals surface area contributed by atoms with E-state index in [4.69, 9.17) is 10.7 Å². The summed E-state index contributed by atoms with van der Waals surface area (Å²) >= 11 is 1.69. The lowest BCUT2D eigenvalue weighted by molar-refractivity contribution is 1.01. The number of rotatable bonds is 3. The molecule has 0 aliphatic carbocycles. The van der Waals surface area contributed by atoms with Gasteiger partial charge in [0.1, 0.15) is 5.01 Å². The summed E-state index contributed by atoms with van der Waals surface area (Å²) < 4.78 is 0. The van der Waals surface area contributed by atoms with Crippen molar-refractivity contribution in [1.82, 2.24) is 9.97 Å². The van der Waals surface area contributed by atoms with E-state index in [9.17, 15) is 0 Å². The van der Waals surface area contributed by atoms with Crippen LogP contribution in [0.25, 0.3) is 21.0 Å². The highest BCUT2D eigenvalue weighted by atomic mass is 32.1. The third-order valence-corrected chi connectivity index (χ3v) is 4.36. The minimum Gasteiger partial charge on any atom is -0.325 e. The molecule has 0 atom stereocenters. The van der Waals surface area contributed by atoms with Gasteiger partial charge in [0.15, 0.2) is 0 Å². The number of benzene rings is 1. The third-order valence-electron chi connectivity index (χ3n) is 3.18. The van der Waals surface area contributed by atoms with E-state index in [1.54, 1.807) is 17.5 Å². The molecule has 3 aromatic rings. The molecular formula is C16H15N3S. The monoisotopic (exact) mass is 281 g/mol. The number of pyridine rings is 1. The molecule has 0 fully saturated rings. The van der Waals surface area contributed by atoms with E-state index in [1.165, 1.54) is 5.56 Å². The fraction of sp³-hybridized carbons (Fsp3) is 0.125. The van der Waals surface area contributed by atoms with Gasteiger partial charge in [0.25, 0.3) is 0 Å². The van der Waals surface area contributed by atoms with Gasteiger partial charge in [0.05, 0.1) is 10.6 Å². The van der Waals surface area contributed by atoms with Crippen LogP contribution >= 0.6 is 11.3 Å². The number of hydrogen-bond acceptors (Lipinski definition) is 4. The zero-order chi connectivity index (χ0) is 13.9. The van der Waals surface area contributed by atoms with Crippen LogP contribution in [0, 0.1) is 6.92 Å². The maximum atomic E-state index is 5.85. The maximum absolute atomic E-state index is 5.85. The van der Waals surface area contributed by atoms with Crippen molar-refractivity contribution < 1.29 is 0 Å². The van der Waals surface area contributed by atoms with Crippen molar-refractivity contribution in [3.8, 4) is 21.0 Å². The van der Waals surface area contributed by atoms with Crippen molar-refractivity contribution in [2.45, 2.75) is 13.5 Å². The number of thiazole rings is 1. The molecule has 4 heteroatoms. The highest BCUT2D eigenvalue weighted by Crippen LogP contribution is 2.36. The van der Waals surface area contributed by atoms with Crippen molar-refractivity contribution in [2.75, 3.05) is 0 Å². The maximum Gasteiger partial charge on any atom is 0.124 e. The third kappa shape index (κ3) is 2.35. The summed E-state index contributed by atoms with van der Waals surface area (Å²) in [7, 11) is 0. The van der Waals surface area contributed by atoms with Crippen LogP contribution in [0.5, 0.6) is 0 Å². The van der Waals surface area contributed by atoms with Crippen molar-refractivity contribution in [3.63, 3.8) is 0 Å². The van der Waals surface area contributed by atoms with E-state index < -0.39 is 0 Å². The Morgan fingerprint density at radius 1 is 1.15 bits per heavy atom. The van der Waals surface area contributed by atoms with E-state index >= 15 is 0 Å². The van der Waals surface area contributed by atoms with Crippen molar-refractivity contribution in [2.24, 2.45) is 5.73 Å². The normalized spacial score (nSPS) is 10.7. The molecule has 0 spiro atoms. The first kappa shape index (κ1) is 13.0. The van der Waals surface area contributed by atoms with Crippen molar-refractivity contribution in [1.29, 1.82) is 0 Å². The van der Waals surface area contributed by atoms with Gasteiger partial charge in [-0.1, -0.05) is 30.3 Å². The molecule has 0 bridgehead atoms. The molecule has 3 rings (SSSR count). The van der Waals surface area contributed by atoms with Gasteiger partial charge in [-0.15, -0.1) is 11.3 Å². The number of aromatic nitrogens is 2. The second-order valence-electron chi connectivity index (χ2n) is 4.56. The zero-order valence-corrected chi connectivity index (χ0v) is 12.0. The van der Waals surface area contributed by atoms with Gasteiger partial charge in [-0.3, -0.25) is 4.98 Å². The summed E-state index contributed by atoms with van der Waals surface area (Å²) in [4.78, 5) is 9.98. The van der Waals surface area contributed by atoms with Gasteiger partial charge in [-0.2, -0.15) is 0 Å². The summed E-state index contributed by atoms with van der Waals surface area (Å²) in [5.41, 5.74) is 10.2. The molecule has 0 amide bonds. The van der Waals surface area contributed by atoms with E-state index in [0.717, 1.165) is 26.7 Å². The first-order valence-electron chi connectivity index (χ1n) is 6.46. The topological polar surface area (TPSA) is 51.8 Å². The number of nitrogens with zero attached hydrogens (tertiary/aromatic N) is 2. The molecule has 0 saturated carbocycles. The average molecular weight is 281 g/mol. The number of nitrogens with two attached hydrogens (primary N) is 1. The Hall–Kier alpha value is -2.04. The smallest absolute Gasteiger partial charge is 0.124 e. The highest BCUT2D eigenvalue weighted by Gasteiger charge is 2.14. The minimum atomic E-state index is 0.449. The van der Waals surface area contributed by atoms with Crippen LogP contribution < -0.4 is 5.73 Å². The van der Waals surface area contributed by atoms with E-state index in [-0.39, 0.29) is 0 Å². The Morgan fingerprint density at radius 2 is 1.95 bits per heavy atom. The van der Waals surface area contributed by atoms with Gasteiger partial charge >= 0.3 is 0 Å². The fourth-order valence-corrected chi connectivity index (χ4v) is 3.32. The molecule has 100 valence electrons. The Balaban J connectivity index is 2.13. The van der Waals surface area contributed by atoms with Gasteiger partial charge < -0.3 is 5.73 Å². The summed E-state index contributed by atoms with van der Waals surface area (Å²) in [5.74, 6) is 0. The molecule has 2 aromatic heterocycles. The predicted octanol–water partition coefficient (Wildman–Crippen LogP) is 3.64. The van der Waals surface area contributed by atoms with Gasteiger partial charge in [0, 0.05) is 24.5 Å². The molecule has 0 saturated heterocycles. The number of aryl methyl sites for hydroxylation is 1. The van der Waals surface area contributed by atoms with Crippen molar-refractivity contribution in [3.05, 3.63) is 60.0 Å². The Bertz CT molecular complexity index is 720. The summed E-state index contributed by atoms with van der Waals surface area (Å²) in [6.45, 7) is 2.50. The summed E-state index contributed by atoms with van der Waals surface area (Å²) in [6.07, 6.45) is 3.66. The largest absolute Gasteiger partial charge is 0.325 e. The van der Waals surface area contributed by atoms with Crippen LogP contribution in [-0.2, 0) is 6.54 Å². The van der Waals surface area contributed by atoms with Crippen LogP contribution in [0.4, 0.5) is 0 Å². The van der Waals surface area contributed by atoms with E-state index in [1.807, 2.05) is 37.4 Å². The molecule has 2 heterocycles. The number of hydrogen-bond donors (Lipinski definition) is 1. The first-order valence-corrected chi connectivity index (χ1v) is 7.27. The van der Waals surface area contributed by atoms with Crippen LogP contribution in [0.1, 0.15) is 11.3 Å². The molecule has 20 heavy (non-hydrogen) atoms. The van der Waals surface area contributed by atoms with Gasteiger partial charge in [0.2, 0.25) is 0 Å². The molecule has 0 aliphatic heterocycles. The van der Waals surface area contributed by atoms with Gasteiger partial charge in [-0.25, -0.2) is 4.98 Å². The quantitative estimate of drug-likeness (QED) is 0.797. The predicted molar refractivity (Wildman–Crippen MR) is 83.4 cm³/mol. The molecule has 0 aliphatic rings. The first-order chi connectivity index (χ1) is 9.79. The van der Waals surface area contributed by atoms with Crippen LogP contribution in [0.15, 0.2) is 48.8 Å². The highest BCUT2D eigenvalue weighted by molar-refractivity contribution is 7.18. The zero-order valence-electron chi connectivity index (χ0n) is 11.2. The second kappa shape index (κ2) is 5.53. The van der Waals surface area contributed by atoms with E-state index in [2.05, 4.69) is 17.1 Å². The summed E-state index contributed by atoms with van der Waals surface area (Å²) in [5, 5.41) is 1.00. The minimum absolute atomic E-state index is 0.449. The average Bonchev–Trinajstić information content (AvgIpc) is 2.92. The molecular weight excluding hydrogens is 266 g/mol. The van der Waals surface area contributed by atoms with Crippen LogP contribution in [-0.4, -0.2) is 9.97 Å². The molecule has 1 aromatic carbocycles. The molecule has 0 unspecified atom stereocenters. The van der Waals surface area contributed by atoms with Crippen molar-refractivity contribution >= 4 is 11.3 Å². The lowest BCUT2D eigenvalue weighted by Gasteiger charge is -1.99.